The summed E-state index contributed by atoms with van der Waals surface area (Å²) in [7, 11) is -3.64. The van der Waals surface area contributed by atoms with Crippen LogP contribution in [0.1, 0.15) is 27.5 Å². The number of anilines is 1. The van der Waals surface area contributed by atoms with Crippen molar-refractivity contribution in [3.8, 4) is 0 Å². The standard InChI is InChI=1S/C30H29N3O3S/c34-30(26-14-8-3-9-15-26)31-27-16-18-28(19-17-27)37(35,36)33-22-20-32(21-23-33)29(24-10-4-1-5-11-24)25-12-6-2-7-13-25/h1-19,29H,20-23H2,(H,31,34). The summed E-state index contributed by atoms with van der Waals surface area (Å²) in [5, 5.41) is 2.81. The number of amides is 1. The molecule has 1 aliphatic rings. The van der Waals surface area contributed by atoms with Crippen LogP contribution in [0.4, 0.5) is 5.69 Å². The van der Waals surface area contributed by atoms with E-state index in [-0.39, 0.29) is 16.8 Å². The van der Waals surface area contributed by atoms with Crippen molar-refractivity contribution in [2.75, 3.05) is 31.5 Å². The number of hydrogen-bond acceptors (Lipinski definition) is 4. The normalized spacial score (nSPS) is 14.9. The molecule has 5 rings (SSSR count). The molecule has 188 valence electrons. The van der Waals surface area contributed by atoms with E-state index in [2.05, 4.69) is 34.5 Å². The first kappa shape index (κ1) is 24.9. The Morgan fingerprint density at radius 2 is 1.14 bits per heavy atom. The molecule has 1 fully saturated rings. The van der Waals surface area contributed by atoms with E-state index in [1.54, 1.807) is 52.8 Å². The van der Waals surface area contributed by atoms with Crippen LogP contribution in [0, 0.1) is 0 Å². The Kier molecular flexibility index (Phi) is 7.46. The van der Waals surface area contributed by atoms with Gasteiger partial charge in [-0.15, -0.1) is 0 Å². The lowest BCUT2D eigenvalue weighted by Gasteiger charge is -2.39. The van der Waals surface area contributed by atoms with Crippen molar-refractivity contribution in [2.45, 2.75) is 10.9 Å². The molecule has 0 aliphatic carbocycles. The van der Waals surface area contributed by atoms with E-state index >= 15 is 0 Å². The highest BCUT2D eigenvalue weighted by atomic mass is 32.2. The number of carbonyl (C=O) groups excluding carboxylic acids is 1. The molecule has 1 aliphatic heterocycles. The summed E-state index contributed by atoms with van der Waals surface area (Å²) in [5.74, 6) is -0.237. The molecule has 0 aromatic heterocycles. The Morgan fingerprint density at radius 1 is 0.649 bits per heavy atom. The molecule has 0 bridgehead atoms. The fourth-order valence-electron chi connectivity index (χ4n) is 4.74. The lowest BCUT2D eigenvalue weighted by atomic mass is 9.96. The van der Waals surface area contributed by atoms with Crippen LogP contribution in [0.5, 0.6) is 0 Å². The molecule has 4 aromatic rings. The predicted molar refractivity (Wildman–Crippen MR) is 146 cm³/mol. The molecule has 0 radical (unpaired) electrons. The Hall–Kier alpha value is -3.78. The first-order valence-electron chi connectivity index (χ1n) is 12.3. The number of benzene rings is 4. The summed E-state index contributed by atoms with van der Waals surface area (Å²) in [5.41, 5.74) is 3.48. The van der Waals surface area contributed by atoms with Gasteiger partial charge in [0.25, 0.3) is 5.91 Å². The number of carbonyl (C=O) groups is 1. The molecule has 1 heterocycles. The molecule has 0 saturated carbocycles. The summed E-state index contributed by atoms with van der Waals surface area (Å²) in [6.45, 7) is 2.06. The largest absolute Gasteiger partial charge is 0.322 e. The predicted octanol–water partition coefficient (Wildman–Crippen LogP) is 5.03. The maximum Gasteiger partial charge on any atom is 0.255 e. The molecule has 37 heavy (non-hydrogen) atoms. The maximum atomic E-state index is 13.4. The van der Waals surface area contributed by atoms with Gasteiger partial charge in [-0.1, -0.05) is 78.9 Å². The fraction of sp³-hybridized carbons (Fsp3) is 0.167. The molecule has 0 atom stereocenters. The Balaban J connectivity index is 1.27. The van der Waals surface area contributed by atoms with Gasteiger partial charge in [0.1, 0.15) is 0 Å². The van der Waals surface area contributed by atoms with E-state index in [1.807, 2.05) is 42.5 Å². The molecule has 1 saturated heterocycles. The number of nitrogens with one attached hydrogen (secondary N) is 1. The van der Waals surface area contributed by atoms with Crippen molar-refractivity contribution in [1.29, 1.82) is 0 Å². The van der Waals surface area contributed by atoms with Crippen LogP contribution < -0.4 is 5.32 Å². The van der Waals surface area contributed by atoms with Crippen LogP contribution in [0.25, 0.3) is 0 Å². The van der Waals surface area contributed by atoms with E-state index in [0.717, 1.165) is 0 Å². The number of hydrogen-bond donors (Lipinski definition) is 1. The van der Waals surface area contributed by atoms with Crippen molar-refractivity contribution in [3.05, 3.63) is 132 Å². The fourth-order valence-corrected chi connectivity index (χ4v) is 6.16. The van der Waals surface area contributed by atoms with E-state index in [9.17, 15) is 13.2 Å². The van der Waals surface area contributed by atoms with Gasteiger partial charge in [0.2, 0.25) is 10.0 Å². The summed E-state index contributed by atoms with van der Waals surface area (Å²) < 4.78 is 28.3. The third-order valence-electron chi connectivity index (χ3n) is 6.65. The van der Waals surface area contributed by atoms with Gasteiger partial charge in [0.15, 0.2) is 0 Å². The molecule has 6 nitrogen and oxygen atoms in total. The van der Waals surface area contributed by atoms with E-state index < -0.39 is 10.0 Å². The maximum absolute atomic E-state index is 13.4. The molecular formula is C30H29N3O3S. The van der Waals surface area contributed by atoms with Gasteiger partial charge in [0.05, 0.1) is 10.9 Å². The Labute approximate surface area is 218 Å². The van der Waals surface area contributed by atoms with Crippen molar-refractivity contribution < 1.29 is 13.2 Å². The van der Waals surface area contributed by atoms with Crippen LogP contribution in [0.3, 0.4) is 0 Å². The van der Waals surface area contributed by atoms with Crippen LogP contribution in [0.2, 0.25) is 0 Å². The summed E-state index contributed by atoms with van der Waals surface area (Å²) in [6, 6.07) is 36.0. The third-order valence-corrected chi connectivity index (χ3v) is 8.57. The SMILES string of the molecule is O=C(Nc1ccc(S(=O)(=O)N2CCN(C(c3ccccc3)c3ccccc3)CC2)cc1)c1ccccc1. The summed E-state index contributed by atoms with van der Waals surface area (Å²) in [4.78, 5) is 15.0. The smallest absolute Gasteiger partial charge is 0.255 e. The number of rotatable bonds is 7. The molecule has 0 spiro atoms. The second-order valence-electron chi connectivity index (χ2n) is 9.01. The topological polar surface area (TPSA) is 69.7 Å². The van der Waals surface area contributed by atoms with Gasteiger partial charge in [-0.2, -0.15) is 4.31 Å². The van der Waals surface area contributed by atoms with Crippen LogP contribution >= 0.6 is 0 Å². The lowest BCUT2D eigenvalue weighted by molar-refractivity contribution is 0.102. The van der Waals surface area contributed by atoms with E-state index in [4.69, 9.17) is 0 Å². The molecule has 1 amide bonds. The quantitative estimate of drug-likeness (QED) is 0.378. The minimum absolute atomic E-state index is 0.0692. The van der Waals surface area contributed by atoms with Gasteiger partial charge >= 0.3 is 0 Å². The summed E-state index contributed by atoms with van der Waals surface area (Å²) in [6.07, 6.45) is 0. The van der Waals surface area contributed by atoms with Gasteiger partial charge in [-0.3, -0.25) is 9.69 Å². The van der Waals surface area contributed by atoms with Crippen LogP contribution in [-0.4, -0.2) is 49.7 Å². The average molecular weight is 512 g/mol. The molecule has 4 aromatic carbocycles. The van der Waals surface area contributed by atoms with E-state index in [0.29, 0.717) is 37.4 Å². The highest BCUT2D eigenvalue weighted by Crippen LogP contribution is 2.30. The number of sulfonamides is 1. The third kappa shape index (κ3) is 5.64. The zero-order chi connectivity index (χ0) is 25.7. The first-order chi connectivity index (χ1) is 18.0. The van der Waals surface area contributed by atoms with Crippen molar-refractivity contribution in [2.24, 2.45) is 0 Å². The lowest BCUT2D eigenvalue weighted by Crippen LogP contribution is -2.49. The zero-order valence-electron chi connectivity index (χ0n) is 20.4. The average Bonchev–Trinajstić information content (AvgIpc) is 2.95. The van der Waals surface area contributed by atoms with Gasteiger partial charge in [-0.25, -0.2) is 8.42 Å². The van der Waals surface area contributed by atoms with Crippen LogP contribution in [0.15, 0.2) is 120 Å². The highest BCUT2D eigenvalue weighted by Gasteiger charge is 2.32. The minimum Gasteiger partial charge on any atom is -0.322 e. The molecular weight excluding hydrogens is 482 g/mol. The summed E-state index contributed by atoms with van der Waals surface area (Å²) >= 11 is 0. The molecule has 1 N–H and O–H groups in total. The van der Waals surface area contributed by atoms with Gasteiger partial charge in [-0.05, 0) is 47.5 Å². The Morgan fingerprint density at radius 3 is 1.65 bits per heavy atom. The van der Waals surface area contributed by atoms with Crippen molar-refractivity contribution in [3.63, 3.8) is 0 Å². The second-order valence-corrected chi connectivity index (χ2v) is 10.9. The Bertz CT molecular complexity index is 1380. The zero-order valence-corrected chi connectivity index (χ0v) is 21.2. The second kappa shape index (κ2) is 11.1. The van der Waals surface area contributed by atoms with Crippen molar-refractivity contribution >= 4 is 21.6 Å². The number of nitrogens with zero attached hydrogens (tertiary/aromatic N) is 2. The molecule has 7 heteroatoms. The first-order valence-corrected chi connectivity index (χ1v) is 13.8. The monoisotopic (exact) mass is 511 g/mol. The van der Waals surface area contributed by atoms with Crippen molar-refractivity contribution in [1.82, 2.24) is 9.21 Å². The molecule has 0 unspecified atom stereocenters. The highest BCUT2D eigenvalue weighted by molar-refractivity contribution is 7.89. The van der Waals surface area contributed by atoms with Crippen LogP contribution in [-0.2, 0) is 10.0 Å². The van der Waals surface area contributed by atoms with Gasteiger partial charge < -0.3 is 5.32 Å². The minimum atomic E-state index is -3.64. The van der Waals surface area contributed by atoms with E-state index in [1.165, 1.54) is 11.1 Å². The number of piperazine rings is 1. The van der Waals surface area contributed by atoms with Gasteiger partial charge in [0, 0.05) is 37.4 Å².